The monoisotopic (exact) mass is 221 g/mol. The maximum atomic E-state index is 11.8. The van der Waals surface area contributed by atoms with E-state index in [0.717, 1.165) is 0 Å². The SMILES string of the molecule is CN1N=C(C#N)S(=O)(=O)c2ccccc21. The van der Waals surface area contributed by atoms with Crippen LogP contribution in [0.1, 0.15) is 0 Å². The second kappa shape index (κ2) is 3.07. The third kappa shape index (κ3) is 1.28. The molecule has 0 unspecified atom stereocenters. The van der Waals surface area contributed by atoms with E-state index in [9.17, 15) is 8.42 Å². The molecule has 0 atom stereocenters. The van der Waals surface area contributed by atoms with Crippen molar-refractivity contribution in [3.8, 4) is 6.07 Å². The second-order valence-corrected chi connectivity index (χ2v) is 4.85. The van der Waals surface area contributed by atoms with Crippen molar-refractivity contribution >= 4 is 20.6 Å². The van der Waals surface area contributed by atoms with Gasteiger partial charge in [-0.2, -0.15) is 5.26 Å². The predicted octanol–water partition coefficient (Wildman–Crippen LogP) is 0.747. The summed E-state index contributed by atoms with van der Waals surface area (Å²) in [5, 5.41) is 13.3. The molecule has 1 aliphatic rings. The summed E-state index contributed by atoms with van der Waals surface area (Å²) < 4.78 is 23.6. The summed E-state index contributed by atoms with van der Waals surface area (Å²) in [5.74, 6) is 0. The van der Waals surface area contributed by atoms with Crippen molar-refractivity contribution in [1.82, 2.24) is 0 Å². The number of anilines is 1. The summed E-state index contributed by atoms with van der Waals surface area (Å²) in [4.78, 5) is 0.124. The summed E-state index contributed by atoms with van der Waals surface area (Å²) >= 11 is 0. The lowest BCUT2D eigenvalue weighted by atomic mass is 10.3. The zero-order chi connectivity index (χ0) is 11.1. The quantitative estimate of drug-likeness (QED) is 0.647. The fourth-order valence-electron chi connectivity index (χ4n) is 1.38. The summed E-state index contributed by atoms with van der Waals surface area (Å²) in [7, 11) is -2.12. The van der Waals surface area contributed by atoms with E-state index in [2.05, 4.69) is 5.10 Å². The van der Waals surface area contributed by atoms with Gasteiger partial charge in [-0.15, -0.1) is 5.10 Å². The zero-order valence-electron chi connectivity index (χ0n) is 7.88. The molecule has 5 nitrogen and oxygen atoms in total. The van der Waals surface area contributed by atoms with E-state index in [4.69, 9.17) is 5.26 Å². The molecule has 1 aliphatic heterocycles. The first-order chi connectivity index (χ1) is 7.07. The van der Waals surface area contributed by atoms with Crippen molar-refractivity contribution in [3.05, 3.63) is 24.3 Å². The Bertz CT molecular complexity index is 584. The molecule has 0 N–H and O–H groups in total. The Morgan fingerprint density at radius 2 is 2.07 bits per heavy atom. The van der Waals surface area contributed by atoms with Crippen LogP contribution in [0.5, 0.6) is 0 Å². The van der Waals surface area contributed by atoms with Crippen LogP contribution in [0.2, 0.25) is 0 Å². The molecule has 1 aromatic rings. The minimum atomic E-state index is -3.72. The Morgan fingerprint density at radius 3 is 2.73 bits per heavy atom. The molecule has 0 bridgehead atoms. The summed E-state index contributed by atoms with van der Waals surface area (Å²) in [6.07, 6.45) is 0. The largest absolute Gasteiger partial charge is 0.265 e. The van der Waals surface area contributed by atoms with Gasteiger partial charge in [0.15, 0.2) is 0 Å². The average molecular weight is 221 g/mol. The van der Waals surface area contributed by atoms with Crippen molar-refractivity contribution in [3.63, 3.8) is 0 Å². The van der Waals surface area contributed by atoms with E-state index in [1.165, 1.54) is 11.1 Å². The van der Waals surface area contributed by atoms with Crippen molar-refractivity contribution in [2.45, 2.75) is 4.90 Å². The third-order valence-electron chi connectivity index (χ3n) is 2.09. The molecule has 0 aromatic heterocycles. The van der Waals surface area contributed by atoms with Crippen molar-refractivity contribution in [2.75, 3.05) is 12.1 Å². The molecule has 0 spiro atoms. The zero-order valence-corrected chi connectivity index (χ0v) is 8.69. The Morgan fingerprint density at radius 1 is 1.40 bits per heavy atom. The number of hydrogen-bond acceptors (Lipinski definition) is 5. The summed E-state index contributed by atoms with van der Waals surface area (Å²) in [6, 6.07) is 8.03. The van der Waals surface area contributed by atoms with Crippen molar-refractivity contribution in [2.24, 2.45) is 5.10 Å². The molecule has 2 rings (SSSR count). The van der Waals surface area contributed by atoms with Gasteiger partial charge in [0.2, 0.25) is 9.84 Å². The van der Waals surface area contributed by atoms with E-state index < -0.39 is 14.9 Å². The average Bonchev–Trinajstić information content (AvgIpc) is 2.24. The first-order valence-electron chi connectivity index (χ1n) is 4.14. The number of nitriles is 1. The van der Waals surface area contributed by atoms with E-state index >= 15 is 0 Å². The summed E-state index contributed by atoms with van der Waals surface area (Å²) in [5.41, 5.74) is 0.483. The van der Waals surface area contributed by atoms with Gasteiger partial charge in [0, 0.05) is 7.05 Å². The van der Waals surface area contributed by atoms with Crippen molar-refractivity contribution < 1.29 is 8.42 Å². The van der Waals surface area contributed by atoms with Gasteiger partial charge in [0.05, 0.1) is 10.6 Å². The molecule has 15 heavy (non-hydrogen) atoms. The van der Waals surface area contributed by atoms with Gasteiger partial charge in [0.25, 0.3) is 5.04 Å². The molecule has 0 saturated heterocycles. The van der Waals surface area contributed by atoms with E-state index in [1.54, 1.807) is 31.3 Å². The molecular formula is C9H7N3O2S. The lowest BCUT2D eigenvalue weighted by molar-refractivity contribution is 0.606. The molecule has 76 valence electrons. The Kier molecular flexibility index (Phi) is 1.98. The molecule has 1 heterocycles. The van der Waals surface area contributed by atoms with Gasteiger partial charge in [-0.25, -0.2) is 8.42 Å². The molecule has 1 aromatic carbocycles. The fourth-order valence-corrected chi connectivity index (χ4v) is 2.67. The van der Waals surface area contributed by atoms with E-state index in [-0.39, 0.29) is 4.90 Å². The Balaban J connectivity index is 2.79. The number of benzene rings is 1. The van der Waals surface area contributed by atoms with Crippen LogP contribution in [0, 0.1) is 11.3 Å². The van der Waals surface area contributed by atoms with Crippen molar-refractivity contribution in [1.29, 1.82) is 5.26 Å². The van der Waals surface area contributed by atoms with Gasteiger partial charge >= 0.3 is 0 Å². The number of rotatable bonds is 0. The highest BCUT2D eigenvalue weighted by molar-refractivity contribution is 8.07. The minimum Gasteiger partial charge on any atom is -0.265 e. The van der Waals surface area contributed by atoms with Crippen LogP contribution in [-0.4, -0.2) is 20.5 Å². The fraction of sp³-hybridized carbons (Fsp3) is 0.111. The van der Waals surface area contributed by atoms with Gasteiger partial charge in [0.1, 0.15) is 6.07 Å². The van der Waals surface area contributed by atoms with Crippen LogP contribution in [0.25, 0.3) is 0 Å². The highest BCUT2D eigenvalue weighted by Gasteiger charge is 2.31. The maximum absolute atomic E-state index is 11.8. The van der Waals surface area contributed by atoms with Crippen LogP contribution >= 0.6 is 0 Å². The third-order valence-corrected chi connectivity index (χ3v) is 3.70. The second-order valence-electron chi connectivity index (χ2n) is 3.01. The van der Waals surface area contributed by atoms with E-state index in [1.807, 2.05) is 0 Å². The van der Waals surface area contributed by atoms with Crippen LogP contribution < -0.4 is 5.01 Å². The molecule has 6 heteroatoms. The molecule has 0 fully saturated rings. The summed E-state index contributed by atoms with van der Waals surface area (Å²) in [6.45, 7) is 0. The predicted molar refractivity (Wildman–Crippen MR) is 55.1 cm³/mol. The number of hydrogen-bond donors (Lipinski definition) is 0. The van der Waals surface area contributed by atoms with Gasteiger partial charge in [-0.05, 0) is 12.1 Å². The molecule has 0 radical (unpaired) electrons. The molecule has 0 saturated carbocycles. The number of hydrazone groups is 1. The number of nitrogens with zero attached hydrogens (tertiary/aromatic N) is 3. The van der Waals surface area contributed by atoms with Gasteiger partial charge in [-0.1, -0.05) is 12.1 Å². The topological polar surface area (TPSA) is 73.5 Å². The normalized spacial score (nSPS) is 17.6. The first-order valence-corrected chi connectivity index (χ1v) is 5.62. The Hall–Kier alpha value is -1.87. The smallest absolute Gasteiger partial charge is 0.256 e. The van der Waals surface area contributed by atoms with Crippen LogP contribution in [-0.2, 0) is 9.84 Å². The molecular weight excluding hydrogens is 214 g/mol. The molecule has 0 aliphatic carbocycles. The Labute approximate surface area is 87.2 Å². The minimum absolute atomic E-state index is 0.124. The lowest BCUT2D eigenvalue weighted by Crippen LogP contribution is -2.26. The number of para-hydroxylation sites is 1. The van der Waals surface area contributed by atoms with E-state index in [0.29, 0.717) is 5.69 Å². The highest BCUT2D eigenvalue weighted by atomic mass is 32.2. The lowest BCUT2D eigenvalue weighted by Gasteiger charge is -2.21. The molecule has 0 amide bonds. The standard InChI is InChI=1S/C9H7N3O2S/c1-12-7-4-2-3-5-8(7)15(13,14)9(6-10)11-12/h2-5H,1H3. The van der Waals surface area contributed by atoms with Crippen LogP contribution in [0.4, 0.5) is 5.69 Å². The van der Waals surface area contributed by atoms with Gasteiger partial charge in [-0.3, -0.25) is 5.01 Å². The van der Waals surface area contributed by atoms with Gasteiger partial charge < -0.3 is 0 Å². The number of sulfone groups is 1. The number of fused-ring (bicyclic) bond motifs is 1. The first kappa shape index (κ1) is 9.68. The van der Waals surface area contributed by atoms with Crippen LogP contribution in [0.15, 0.2) is 34.3 Å². The van der Waals surface area contributed by atoms with Crippen LogP contribution in [0.3, 0.4) is 0 Å². The maximum Gasteiger partial charge on any atom is 0.256 e. The highest BCUT2D eigenvalue weighted by Crippen LogP contribution is 2.29.